The predicted molar refractivity (Wildman–Crippen MR) is 123 cm³/mol. The quantitative estimate of drug-likeness (QED) is 0.586. The number of rotatable bonds is 1. The Hall–Kier alpha value is -4.37. The van der Waals surface area contributed by atoms with E-state index in [9.17, 15) is 14.9 Å². The third-order valence-corrected chi connectivity index (χ3v) is 7.08. The molecule has 0 fully saturated rings. The van der Waals surface area contributed by atoms with E-state index in [1.165, 1.54) is 9.80 Å². The van der Waals surface area contributed by atoms with E-state index in [0.717, 1.165) is 0 Å². The van der Waals surface area contributed by atoms with Crippen molar-refractivity contribution in [2.24, 2.45) is 0 Å². The Bertz CT molecular complexity index is 1440. The standard InChI is InChI=1S/C27H19N3O3/c1-29-21-14-8-6-12-18(21)26(24(29)31)20(16-28)23(17-10-4-3-5-11-17)33-27(26)19-13-7-9-15-22(19)30(2)25(27)32/h3-15H,1-2H3/t26-,27-/m1/s1. The molecule has 0 saturated heterocycles. The van der Waals surface area contributed by atoms with Gasteiger partial charge in [0.15, 0.2) is 5.41 Å². The minimum Gasteiger partial charge on any atom is -0.469 e. The average molecular weight is 433 g/mol. The molecule has 6 rings (SSSR count). The fraction of sp³-hybridized carbons (Fsp3) is 0.148. The Morgan fingerprint density at radius 3 is 1.97 bits per heavy atom. The molecule has 2 spiro atoms. The van der Waals surface area contributed by atoms with Gasteiger partial charge in [0.25, 0.3) is 5.91 Å². The molecule has 0 aliphatic carbocycles. The second-order valence-electron chi connectivity index (χ2n) is 8.48. The monoisotopic (exact) mass is 433 g/mol. The maximum atomic E-state index is 14.2. The molecular formula is C27H19N3O3. The number of benzene rings is 3. The van der Waals surface area contributed by atoms with Gasteiger partial charge in [-0.1, -0.05) is 66.7 Å². The Morgan fingerprint density at radius 2 is 1.30 bits per heavy atom. The number of likely N-dealkylation sites (N-methyl/N-ethyl adjacent to an activating group) is 2. The van der Waals surface area contributed by atoms with Gasteiger partial charge in [0.05, 0.1) is 11.3 Å². The van der Waals surface area contributed by atoms with Crippen molar-refractivity contribution >= 4 is 28.9 Å². The minimum absolute atomic E-state index is 0.147. The number of carbonyl (C=O) groups excluding carboxylic acids is 2. The second-order valence-corrected chi connectivity index (χ2v) is 8.48. The first-order valence-corrected chi connectivity index (χ1v) is 10.6. The van der Waals surface area contributed by atoms with Crippen LogP contribution in [0.15, 0.2) is 84.4 Å². The lowest BCUT2D eigenvalue weighted by molar-refractivity contribution is -0.145. The van der Waals surface area contributed by atoms with E-state index in [1.807, 2.05) is 78.9 Å². The van der Waals surface area contributed by atoms with Gasteiger partial charge in [-0.2, -0.15) is 5.26 Å². The number of ether oxygens (including phenoxy) is 1. The summed E-state index contributed by atoms with van der Waals surface area (Å²) in [5.41, 5.74) is -0.0874. The highest BCUT2D eigenvalue weighted by molar-refractivity contribution is 6.21. The summed E-state index contributed by atoms with van der Waals surface area (Å²) in [7, 11) is 3.35. The molecule has 0 N–H and O–H groups in total. The zero-order chi connectivity index (χ0) is 23.0. The van der Waals surface area contributed by atoms with E-state index in [-0.39, 0.29) is 23.1 Å². The molecule has 33 heavy (non-hydrogen) atoms. The fourth-order valence-electron chi connectivity index (χ4n) is 5.68. The zero-order valence-electron chi connectivity index (χ0n) is 18.1. The van der Waals surface area contributed by atoms with Crippen LogP contribution in [0.25, 0.3) is 5.76 Å². The lowest BCUT2D eigenvalue weighted by Crippen LogP contribution is -2.58. The molecule has 3 heterocycles. The molecule has 0 aromatic heterocycles. The van der Waals surface area contributed by atoms with Gasteiger partial charge in [0.1, 0.15) is 11.8 Å². The normalized spacial score (nSPS) is 25.0. The van der Waals surface area contributed by atoms with Crippen LogP contribution in [0.3, 0.4) is 0 Å². The van der Waals surface area contributed by atoms with Crippen LogP contribution < -0.4 is 9.80 Å². The number of anilines is 2. The number of amides is 2. The van der Waals surface area contributed by atoms with Crippen LogP contribution >= 0.6 is 0 Å². The van der Waals surface area contributed by atoms with Crippen LogP contribution in [0, 0.1) is 11.3 Å². The van der Waals surface area contributed by atoms with Crippen LogP contribution in [0.2, 0.25) is 0 Å². The molecule has 6 nitrogen and oxygen atoms in total. The summed E-state index contributed by atoms with van der Waals surface area (Å²) in [6.45, 7) is 0. The number of carbonyl (C=O) groups is 2. The van der Waals surface area contributed by atoms with Gasteiger partial charge < -0.3 is 14.5 Å². The number of para-hydroxylation sites is 2. The van der Waals surface area contributed by atoms with Crippen LogP contribution in [-0.2, 0) is 25.3 Å². The summed E-state index contributed by atoms with van der Waals surface area (Å²) in [4.78, 5) is 31.4. The molecule has 2 atom stereocenters. The summed E-state index contributed by atoms with van der Waals surface area (Å²) >= 11 is 0. The fourth-order valence-corrected chi connectivity index (χ4v) is 5.68. The van der Waals surface area contributed by atoms with Gasteiger partial charge in [0, 0.05) is 36.5 Å². The summed E-state index contributed by atoms with van der Waals surface area (Å²) in [5, 5.41) is 10.5. The van der Waals surface area contributed by atoms with Gasteiger partial charge in [-0.3, -0.25) is 9.59 Å². The summed E-state index contributed by atoms with van der Waals surface area (Å²) in [6.07, 6.45) is 0. The first-order chi connectivity index (χ1) is 16.0. The molecule has 0 radical (unpaired) electrons. The number of fused-ring (bicyclic) bond motifs is 5. The van der Waals surface area contributed by atoms with E-state index in [2.05, 4.69) is 6.07 Å². The lowest BCUT2D eigenvalue weighted by Gasteiger charge is -2.37. The Kier molecular flexibility index (Phi) is 3.71. The van der Waals surface area contributed by atoms with Crippen LogP contribution in [0.1, 0.15) is 16.7 Å². The van der Waals surface area contributed by atoms with Gasteiger partial charge >= 0.3 is 0 Å². The van der Waals surface area contributed by atoms with Gasteiger partial charge in [-0.05, 0) is 12.1 Å². The molecule has 3 aromatic rings. The summed E-state index contributed by atoms with van der Waals surface area (Å²) in [5.74, 6) is -0.472. The van der Waals surface area contributed by atoms with Gasteiger partial charge in [-0.15, -0.1) is 0 Å². The van der Waals surface area contributed by atoms with Crippen molar-refractivity contribution < 1.29 is 14.3 Å². The number of hydrogen-bond donors (Lipinski definition) is 0. The van der Waals surface area contributed by atoms with E-state index in [0.29, 0.717) is 28.1 Å². The Balaban J connectivity index is 1.80. The van der Waals surface area contributed by atoms with Crippen molar-refractivity contribution in [3.05, 3.63) is 101 Å². The molecule has 3 aliphatic rings. The SMILES string of the molecule is CN1C(=O)[C@]2(C(C#N)=C(c3ccccc3)O[C@]23C(=O)N(C)c2ccccc23)c2ccccc21. The highest BCUT2D eigenvalue weighted by Crippen LogP contribution is 2.66. The lowest BCUT2D eigenvalue weighted by atomic mass is 9.62. The molecule has 0 bridgehead atoms. The maximum absolute atomic E-state index is 14.2. The van der Waals surface area contributed by atoms with E-state index in [4.69, 9.17) is 4.74 Å². The average Bonchev–Trinajstić information content (AvgIpc) is 3.38. The third kappa shape index (κ3) is 1.98. The molecule has 3 aliphatic heterocycles. The van der Waals surface area contributed by atoms with Crippen molar-refractivity contribution in [2.75, 3.05) is 23.9 Å². The number of nitriles is 1. The van der Waals surface area contributed by atoms with Crippen LogP contribution in [-0.4, -0.2) is 25.9 Å². The van der Waals surface area contributed by atoms with Gasteiger partial charge in [0.2, 0.25) is 11.5 Å². The van der Waals surface area contributed by atoms with E-state index >= 15 is 0 Å². The Morgan fingerprint density at radius 1 is 0.758 bits per heavy atom. The van der Waals surface area contributed by atoms with Crippen molar-refractivity contribution in [3.8, 4) is 6.07 Å². The summed E-state index contributed by atoms with van der Waals surface area (Å²) in [6, 6.07) is 26.1. The van der Waals surface area contributed by atoms with Crippen molar-refractivity contribution in [1.82, 2.24) is 0 Å². The molecular weight excluding hydrogens is 414 g/mol. The second kappa shape index (κ2) is 6.33. The maximum Gasteiger partial charge on any atom is 0.277 e. The van der Waals surface area contributed by atoms with Crippen LogP contribution in [0.5, 0.6) is 0 Å². The number of nitrogens with zero attached hydrogens (tertiary/aromatic N) is 3. The molecule has 3 aromatic carbocycles. The number of hydrogen-bond acceptors (Lipinski definition) is 4. The van der Waals surface area contributed by atoms with Crippen molar-refractivity contribution in [2.45, 2.75) is 11.0 Å². The van der Waals surface area contributed by atoms with Crippen molar-refractivity contribution in [3.63, 3.8) is 0 Å². The van der Waals surface area contributed by atoms with Gasteiger partial charge in [-0.25, -0.2) is 0 Å². The van der Waals surface area contributed by atoms with Crippen molar-refractivity contribution in [1.29, 1.82) is 5.26 Å². The van der Waals surface area contributed by atoms with E-state index in [1.54, 1.807) is 14.1 Å². The smallest absolute Gasteiger partial charge is 0.277 e. The zero-order valence-corrected chi connectivity index (χ0v) is 18.1. The predicted octanol–water partition coefficient (Wildman–Crippen LogP) is 3.74. The highest BCUT2D eigenvalue weighted by atomic mass is 16.5. The molecule has 0 saturated carbocycles. The van der Waals surface area contributed by atoms with Crippen LogP contribution in [0.4, 0.5) is 11.4 Å². The minimum atomic E-state index is -1.73. The molecule has 0 unspecified atom stereocenters. The third-order valence-electron chi connectivity index (χ3n) is 7.08. The molecule has 6 heteroatoms. The first kappa shape index (κ1) is 19.3. The Labute approximate surface area is 190 Å². The molecule has 160 valence electrons. The van der Waals surface area contributed by atoms with E-state index < -0.39 is 11.0 Å². The topological polar surface area (TPSA) is 73.6 Å². The first-order valence-electron chi connectivity index (χ1n) is 10.6. The molecule has 2 amide bonds. The summed E-state index contributed by atoms with van der Waals surface area (Å²) < 4.78 is 6.64. The highest BCUT2D eigenvalue weighted by Gasteiger charge is 2.77. The largest absolute Gasteiger partial charge is 0.469 e.